The standard InChI is InChI=1S/C10H13BrO/c1-2-10(7-9-12)6-4-3-5-8-11/h2,4-6,8-9H,3,7H2,1H3/b6-4?,8-5+,10-2+. The van der Waals surface area contributed by atoms with Crippen LogP contribution in [0.4, 0.5) is 0 Å². The zero-order valence-corrected chi connectivity index (χ0v) is 8.75. The molecule has 0 N–H and O–H groups in total. The van der Waals surface area contributed by atoms with Crippen molar-refractivity contribution in [1.82, 2.24) is 0 Å². The van der Waals surface area contributed by atoms with Crippen LogP contribution in [0.3, 0.4) is 0 Å². The van der Waals surface area contributed by atoms with Gasteiger partial charge in [0.05, 0.1) is 0 Å². The van der Waals surface area contributed by atoms with Gasteiger partial charge in [-0.05, 0) is 23.9 Å². The summed E-state index contributed by atoms with van der Waals surface area (Å²) in [6.07, 6.45) is 10.2. The minimum atomic E-state index is 0.505. The molecule has 0 fully saturated rings. The van der Waals surface area contributed by atoms with E-state index in [2.05, 4.69) is 15.9 Å². The summed E-state index contributed by atoms with van der Waals surface area (Å²) < 4.78 is 0. The molecule has 0 spiro atoms. The fourth-order valence-electron chi connectivity index (χ4n) is 0.728. The molecule has 0 heterocycles. The van der Waals surface area contributed by atoms with Crippen molar-refractivity contribution in [3.05, 3.63) is 34.9 Å². The van der Waals surface area contributed by atoms with Gasteiger partial charge in [0.15, 0.2) is 0 Å². The first-order valence-corrected chi connectivity index (χ1v) is 4.77. The highest BCUT2D eigenvalue weighted by Crippen LogP contribution is 2.02. The van der Waals surface area contributed by atoms with Crippen LogP contribution in [0.1, 0.15) is 19.8 Å². The van der Waals surface area contributed by atoms with Crippen LogP contribution in [-0.4, -0.2) is 6.29 Å². The van der Waals surface area contributed by atoms with Crippen LogP contribution in [0.25, 0.3) is 0 Å². The Hall–Kier alpha value is -0.630. The average molecular weight is 229 g/mol. The van der Waals surface area contributed by atoms with Gasteiger partial charge in [0, 0.05) is 6.42 Å². The quantitative estimate of drug-likeness (QED) is 0.521. The zero-order chi connectivity index (χ0) is 9.23. The van der Waals surface area contributed by atoms with Gasteiger partial charge in [0.25, 0.3) is 0 Å². The molecule has 0 unspecified atom stereocenters. The first-order valence-electron chi connectivity index (χ1n) is 3.85. The molecule has 0 aromatic heterocycles. The van der Waals surface area contributed by atoms with Crippen molar-refractivity contribution >= 4 is 22.2 Å². The highest BCUT2D eigenvalue weighted by molar-refractivity contribution is 9.11. The second kappa shape index (κ2) is 8.47. The van der Waals surface area contributed by atoms with E-state index < -0.39 is 0 Å². The molecule has 0 atom stereocenters. The number of halogens is 1. The van der Waals surface area contributed by atoms with E-state index in [1.807, 2.05) is 36.2 Å². The molecule has 0 saturated carbocycles. The Kier molecular flexibility index (Phi) is 8.02. The molecule has 0 bridgehead atoms. The second-order valence-corrected chi connectivity index (χ2v) is 2.76. The van der Waals surface area contributed by atoms with Gasteiger partial charge in [-0.25, -0.2) is 0 Å². The highest BCUT2D eigenvalue weighted by atomic mass is 79.9. The zero-order valence-electron chi connectivity index (χ0n) is 7.16. The highest BCUT2D eigenvalue weighted by Gasteiger charge is 1.86. The third-order valence-corrected chi connectivity index (χ3v) is 1.76. The molecule has 66 valence electrons. The summed E-state index contributed by atoms with van der Waals surface area (Å²) in [7, 11) is 0. The molecule has 1 nitrogen and oxygen atoms in total. The third-order valence-electron chi connectivity index (χ3n) is 1.38. The van der Waals surface area contributed by atoms with E-state index in [9.17, 15) is 4.79 Å². The van der Waals surface area contributed by atoms with Gasteiger partial charge in [-0.2, -0.15) is 0 Å². The topological polar surface area (TPSA) is 17.1 Å². The third kappa shape index (κ3) is 6.10. The first kappa shape index (κ1) is 11.4. The van der Waals surface area contributed by atoms with Crippen LogP contribution in [0.2, 0.25) is 0 Å². The fraction of sp³-hybridized carbons (Fsp3) is 0.300. The van der Waals surface area contributed by atoms with Gasteiger partial charge in [-0.1, -0.05) is 40.2 Å². The van der Waals surface area contributed by atoms with Crippen LogP contribution in [0, 0.1) is 0 Å². The van der Waals surface area contributed by atoms with Crippen molar-refractivity contribution in [2.75, 3.05) is 0 Å². The summed E-state index contributed by atoms with van der Waals surface area (Å²) in [5.41, 5.74) is 1.06. The second-order valence-electron chi connectivity index (χ2n) is 2.23. The van der Waals surface area contributed by atoms with Crippen molar-refractivity contribution in [2.45, 2.75) is 19.8 Å². The van der Waals surface area contributed by atoms with E-state index in [1.165, 1.54) is 0 Å². The van der Waals surface area contributed by atoms with E-state index in [-0.39, 0.29) is 0 Å². The van der Waals surface area contributed by atoms with Crippen molar-refractivity contribution in [1.29, 1.82) is 0 Å². The van der Waals surface area contributed by atoms with Crippen LogP contribution in [0.15, 0.2) is 34.9 Å². The molecule has 0 aromatic carbocycles. The van der Waals surface area contributed by atoms with E-state index in [4.69, 9.17) is 0 Å². The Morgan fingerprint density at radius 1 is 1.42 bits per heavy atom. The summed E-state index contributed by atoms with van der Waals surface area (Å²) in [6.45, 7) is 1.93. The lowest BCUT2D eigenvalue weighted by Crippen LogP contribution is -1.78. The lowest BCUT2D eigenvalue weighted by Gasteiger charge is -1.91. The van der Waals surface area contributed by atoms with E-state index in [1.54, 1.807) is 0 Å². The van der Waals surface area contributed by atoms with Crippen LogP contribution in [0.5, 0.6) is 0 Å². The molecule has 0 aliphatic carbocycles. The molecular formula is C10H13BrO. The van der Waals surface area contributed by atoms with Gasteiger partial charge >= 0.3 is 0 Å². The number of aldehydes is 1. The molecular weight excluding hydrogens is 216 g/mol. The van der Waals surface area contributed by atoms with Crippen LogP contribution >= 0.6 is 15.9 Å². The minimum Gasteiger partial charge on any atom is -0.303 e. The Labute approximate surface area is 82.0 Å². The lowest BCUT2D eigenvalue weighted by molar-refractivity contribution is -0.107. The maximum absolute atomic E-state index is 10.2. The summed E-state index contributed by atoms with van der Waals surface area (Å²) in [4.78, 5) is 12.0. The average Bonchev–Trinajstić information content (AvgIpc) is 2.10. The smallest absolute Gasteiger partial charge is 0.124 e. The Morgan fingerprint density at radius 3 is 2.67 bits per heavy atom. The number of carbonyl (C=O) groups excluding carboxylic acids is 1. The summed E-state index contributed by atoms with van der Waals surface area (Å²) in [5.74, 6) is 0. The van der Waals surface area contributed by atoms with Crippen LogP contribution < -0.4 is 0 Å². The van der Waals surface area contributed by atoms with E-state index >= 15 is 0 Å². The molecule has 0 rings (SSSR count). The molecule has 12 heavy (non-hydrogen) atoms. The molecule has 2 heteroatoms. The van der Waals surface area contributed by atoms with Crippen molar-refractivity contribution in [2.24, 2.45) is 0 Å². The Bertz CT molecular complexity index is 202. The van der Waals surface area contributed by atoms with Gasteiger partial charge in [-0.15, -0.1) is 0 Å². The predicted molar refractivity (Wildman–Crippen MR) is 56.3 cm³/mol. The van der Waals surface area contributed by atoms with E-state index in [0.717, 1.165) is 18.3 Å². The van der Waals surface area contributed by atoms with Crippen molar-refractivity contribution < 1.29 is 4.79 Å². The summed E-state index contributed by atoms with van der Waals surface area (Å²) in [6, 6.07) is 0. The largest absolute Gasteiger partial charge is 0.303 e. The normalized spacial score (nSPS) is 13.0. The Balaban J connectivity index is 3.85. The lowest BCUT2D eigenvalue weighted by atomic mass is 10.1. The van der Waals surface area contributed by atoms with Gasteiger partial charge in [0.2, 0.25) is 0 Å². The molecule has 0 saturated heterocycles. The number of allylic oxidation sites excluding steroid dienone is 5. The summed E-state index contributed by atoms with van der Waals surface area (Å²) in [5, 5.41) is 0. The number of carbonyl (C=O) groups is 1. The maximum atomic E-state index is 10.2. The van der Waals surface area contributed by atoms with Gasteiger partial charge < -0.3 is 4.79 Å². The number of hydrogen-bond donors (Lipinski definition) is 0. The first-order chi connectivity index (χ1) is 5.85. The van der Waals surface area contributed by atoms with Gasteiger partial charge in [-0.3, -0.25) is 0 Å². The molecule has 0 aliphatic heterocycles. The predicted octanol–water partition coefficient (Wildman–Crippen LogP) is 3.38. The van der Waals surface area contributed by atoms with Crippen LogP contribution in [-0.2, 0) is 4.79 Å². The molecule has 0 amide bonds. The molecule has 0 aromatic rings. The molecule has 0 aliphatic rings. The summed E-state index contributed by atoms with van der Waals surface area (Å²) >= 11 is 3.18. The SMILES string of the molecule is C/C=C(\C=CC/C=C/Br)CC=O. The van der Waals surface area contributed by atoms with Crippen molar-refractivity contribution in [3.63, 3.8) is 0 Å². The molecule has 0 radical (unpaired) electrons. The number of rotatable bonds is 5. The fourth-order valence-corrected chi connectivity index (χ4v) is 0.944. The minimum absolute atomic E-state index is 0.505. The number of hydrogen-bond acceptors (Lipinski definition) is 1. The maximum Gasteiger partial charge on any atom is 0.124 e. The van der Waals surface area contributed by atoms with Crippen molar-refractivity contribution in [3.8, 4) is 0 Å². The van der Waals surface area contributed by atoms with E-state index in [0.29, 0.717) is 6.42 Å². The Morgan fingerprint density at radius 2 is 2.17 bits per heavy atom. The van der Waals surface area contributed by atoms with Gasteiger partial charge in [0.1, 0.15) is 6.29 Å². The monoisotopic (exact) mass is 228 g/mol.